The van der Waals surface area contributed by atoms with Gasteiger partial charge < -0.3 is 4.90 Å². The van der Waals surface area contributed by atoms with Gasteiger partial charge in [-0.3, -0.25) is 4.79 Å². The normalized spacial score (nSPS) is 16.6. The highest BCUT2D eigenvalue weighted by Gasteiger charge is 2.15. The molecule has 0 bridgehead atoms. The number of halogens is 1. The summed E-state index contributed by atoms with van der Waals surface area (Å²) in [6, 6.07) is 8.77. The zero-order valence-corrected chi connectivity index (χ0v) is 12.4. The molecule has 0 unspecified atom stereocenters. The number of rotatable bonds is 3. The van der Waals surface area contributed by atoms with E-state index in [0.717, 1.165) is 5.92 Å². The van der Waals surface area contributed by atoms with Crippen LogP contribution >= 0.6 is 15.9 Å². The fourth-order valence-electron chi connectivity index (χ4n) is 2.67. The SMILES string of the molecule is CN(Cc1ccc(C2CCCCC2)cc1)C(=O)Br. The molecular formula is C15H20BrNO. The standard InChI is InChI=1S/C15H20BrNO/c1-17(15(16)18)11-12-7-9-14(10-8-12)13-5-3-2-4-6-13/h7-10,13H,2-6,11H2,1H3. The van der Waals surface area contributed by atoms with Crippen LogP contribution in [0.3, 0.4) is 0 Å². The second-order valence-corrected chi connectivity index (χ2v) is 5.86. The minimum Gasteiger partial charge on any atom is -0.332 e. The number of hydrogen-bond donors (Lipinski definition) is 0. The third-order valence-electron chi connectivity index (χ3n) is 3.78. The van der Waals surface area contributed by atoms with Crippen LogP contribution in [-0.2, 0) is 6.54 Å². The van der Waals surface area contributed by atoms with Crippen molar-refractivity contribution in [3.63, 3.8) is 0 Å². The van der Waals surface area contributed by atoms with Crippen molar-refractivity contribution in [2.75, 3.05) is 7.05 Å². The van der Waals surface area contributed by atoms with Crippen molar-refractivity contribution in [2.45, 2.75) is 44.6 Å². The fourth-order valence-corrected chi connectivity index (χ4v) is 2.79. The Morgan fingerprint density at radius 1 is 1.22 bits per heavy atom. The number of carbonyl (C=O) groups is 1. The first-order valence-electron chi connectivity index (χ1n) is 6.66. The van der Waals surface area contributed by atoms with Crippen LogP contribution in [0.1, 0.15) is 49.1 Å². The minimum absolute atomic E-state index is 0.0705. The van der Waals surface area contributed by atoms with Gasteiger partial charge in [-0.15, -0.1) is 0 Å². The molecule has 0 N–H and O–H groups in total. The van der Waals surface area contributed by atoms with Crippen molar-refractivity contribution in [3.8, 4) is 0 Å². The first-order chi connectivity index (χ1) is 8.66. The van der Waals surface area contributed by atoms with Crippen LogP contribution in [0.2, 0.25) is 0 Å². The van der Waals surface area contributed by atoms with Crippen LogP contribution < -0.4 is 0 Å². The molecule has 0 saturated heterocycles. The summed E-state index contributed by atoms with van der Waals surface area (Å²) in [6.07, 6.45) is 6.80. The Kier molecular flexibility index (Phi) is 4.81. The van der Waals surface area contributed by atoms with Crippen LogP contribution in [0.25, 0.3) is 0 Å². The molecule has 1 aliphatic rings. The van der Waals surface area contributed by atoms with Gasteiger partial charge in [0.2, 0.25) is 0 Å². The second kappa shape index (κ2) is 6.37. The van der Waals surface area contributed by atoms with Gasteiger partial charge in [0.25, 0.3) is 4.82 Å². The maximum atomic E-state index is 11.1. The molecule has 0 radical (unpaired) electrons. The molecule has 1 saturated carbocycles. The highest BCUT2D eigenvalue weighted by atomic mass is 79.9. The molecule has 1 fully saturated rings. The number of amides is 1. The molecule has 1 aromatic rings. The van der Waals surface area contributed by atoms with Crippen molar-refractivity contribution in [2.24, 2.45) is 0 Å². The van der Waals surface area contributed by atoms with Crippen LogP contribution in [0.15, 0.2) is 24.3 Å². The largest absolute Gasteiger partial charge is 0.332 e. The Labute approximate surface area is 117 Å². The molecule has 2 nitrogen and oxygen atoms in total. The summed E-state index contributed by atoms with van der Waals surface area (Å²) in [7, 11) is 1.80. The van der Waals surface area contributed by atoms with E-state index >= 15 is 0 Å². The number of hydrogen-bond acceptors (Lipinski definition) is 1. The number of nitrogens with zero attached hydrogens (tertiary/aromatic N) is 1. The summed E-state index contributed by atoms with van der Waals surface area (Å²) in [5.41, 5.74) is 2.65. The van der Waals surface area contributed by atoms with Crippen LogP contribution in [-0.4, -0.2) is 16.8 Å². The smallest absolute Gasteiger partial charge is 0.289 e. The third-order valence-corrected chi connectivity index (χ3v) is 4.38. The summed E-state index contributed by atoms with van der Waals surface area (Å²) in [4.78, 5) is 12.7. The topological polar surface area (TPSA) is 20.3 Å². The van der Waals surface area contributed by atoms with E-state index in [-0.39, 0.29) is 4.82 Å². The van der Waals surface area contributed by atoms with E-state index in [1.807, 2.05) is 0 Å². The lowest BCUT2D eigenvalue weighted by Gasteiger charge is -2.22. The Balaban J connectivity index is 1.98. The zero-order chi connectivity index (χ0) is 13.0. The van der Waals surface area contributed by atoms with Crippen molar-refractivity contribution in [1.29, 1.82) is 0 Å². The average Bonchev–Trinajstić information content (AvgIpc) is 2.40. The van der Waals surface area contributed by atoms with E-state index in [9.17, 15) is 4.79 Å². The molecule has 3 heteroatoms. The summed E-state index contributed by atoms with van der Waals surface area (Å²) in [5, 5.41) is 0. The average molecular weight is 310 g/mol. The summed E-state index contributed by atoms with van der Waals surface area (Å²) in [5.74, 6) is 0.753. The molecule has 1 aromatic carbocycles. The monoisotopic (exact) mass is 309 g/mol. The van der Waals surface area contributed by atoms with E-state index in [1.165, 1.54) is 43.2 Å². The summed E-state index contributed by atoms with van der Waals surface area (Å²) >= 11 is 2.96. The van der Waals surface area contributed by atoms with E-state index in [1.54, 1.807) is 11.9 Å². The highest BCUT2D eigenvalue weighted by Crippen LogP contribution is 2.32. The maximum absolute atomic E-state index is 11.1. The molecule has 0 aromatic heterocycles. The molecule has 1 aliphatic carbocycles. The lowest BCUT2D eigenvalue weighted by atomic mass is 9.84. The second-order valence-electron chi connectivity index (χ2n) is 5.19. The van der Waals surface area contributed by atoms with E-state index in [0.29, 0.717) is 6.54 Å². The van der Waals surface area contributed by atoms with Crippen LogP contribution in [0.5, 0.6) is 0 Å². The van der Waals surface area contributed by atoms with Gasteiger partial charge in [-0.25, -0.2) is 0 Å². The Hall–Kier alpha value is -0.830. The molecule has 98 valence electrons. The maximum Gasteiger partial charge on any atom is 0.289 e. The molecule has 0 aliphatic heterocycles. The third kappa shape index (κ3) is 3.58. The Morgan fingerprint density at radius 2 is 1.83 bits per heavy atom. The van der Waals surface area contributed by atoms with Crippen LogP contribution in [0, 0.1) is 0 Å². The first kappa shape index (κ1) is 13.6. The number of benzene rings is 1. The molecule has 18 heavy (non-hydrogen) atoms. The predicted molar refractivity (Wildman–Crippen MR) is 78.1 cm³/mol. The Morgan fingerprint density at radius 3 is 2.39 bits per heavy atom. The minimum atomic E-state index is -0.0705. The van der Waals surface area contributed by atoms with Gasteiger partial charge >= 0.3 is 0 Å². The van der Waals surface area contributed by atoms with E-state index in [4.69, 9.17) is 0 Å². The molecule has 0 heterocycles. The quantitative estimate of drug-likeness (QED) is 0.586. The van der Waals surface area contributed by atoms with Crippen molar-refractivity contribution in [1.82, 2.24) is 4.90 Å². The zero-order valence-electron chi connectivity index (χ0n) is 10.9. The molecule has 1 amide bonds. The molecule has 0 atom stereocenters. The molecule has 2 rings (SSSR count). The van der Waals surface area contributed by atoms with Crippen molar-refractivity contribution >= 4 is 20.7 Å². The summed E-state index contributed by atoms with van der Waals surface area (Å²) < 4.78 is 0. The molecular weight excluding hydrogens is 290 g/mol. The van der Waals surface area contributed by atoms with E-state index in [2.05, 4.69) is 40.2 Å². The first-order valence-corrected chi connectivity index (χ1v) is 7.45. The van der Waals surface area contributed by atoms with Gasteiger partial charge in [-0.2, -0.15) is 0 Å². The van der Waals surface area contributed by atoms with E-state index < -0.39 is 0 Å². The fraction of sp³-hybridized carbons (Fsp3) is 0.533. The predicted octanol–water partition coefficient (Wildman–Crippen LogP) is 4.68. The summed E-state index contributed by atoms with van der Waals surface area (Å²) in [6.45, 7) is 0.662. The lowest BCUT2D eigenvalue weighted by molar-refractivity contribution is 0.233. The van der Waals surface area contributed by atoms with Gasteiger partial charge in [0.05, 0.1) is 0 Å². The lowest BCUT2D eigenvalue weighted by Crippen LogP contribution is -2.19. The van der Waals surface area contributed by atoms with Gasteiger partial charge in [-0.1, -0.05) is 43.5 Å². The van der Waals surface area contributed by atoms with Gasteiger partial charge in [0.15, 0.2) is 0 Å². The van der Waals surface area contributed by atoms with Crippen molar-refractivity contribution < 1.29 is 4.79 Å². The van der Waals surface area contributed by atoms with Gasteiger partial charge in [0, 0.05) is 29.5 Å². The van der Waals surface area contributed by atoms with Gasteiger partial charge in [0.1, 0.15) is 0 Å². The van der Waals surface area contributed by atoms with Crippen LogP contribution in [0.4, 0.5) is 4.79 Å². The van der Waals surface area contributed by atoms with Gasteiger partial charge in [-0.05, 0) is 29.9 Å². The van der Waals surface area contributed by atoms with Crippen molar-refractivity contribution in [3.05, 3.63) is 35.4 Å². The highest BCUT2D eigenvalue weighted by molar-refractivity contribution is 9.18. The molecule has 0 spiro atoms. The Bertz CT molecular complexity index is 395. The number of carbonyl (C=O) groups excluding carboxylic acids is 1.